The predicted octanol–water partition coefficient (Wildman–Crippen LogP) is 9.34. The second-order valence-corrected chi connectivity index (χ2v) is 18.5. The van der Waals surface area contributed by atoms with Crippen LogP contribution in [0.15, 0.2) is 119 Å². The quantitative estimate of drug-likeness (QED) is 0.0422. The molecule has 1 saturated carbocycles. The van der Waals surface area contributed by atoms with Gasteiger partial charge in [0, 0.05) is 50.3 Å². The Hall–Kier alpha value is -5.05. The SMILES string of the molecule is C=CCO[C@@]12Oc3ccc(Oc4ccc5ccccc5c4)cc3[C@H]3[C@H](CCCCO)[C@@H](CCCCO)C=C(C(=NOCC)C[C@@H]1N(CCC)S(=O)(=O)c1ccc(NC(C)=O)cc1)[C@H]32. The number of unbranched alkanes of at least 4 members (excludes halogenated alkanes) is 2. The number of hydrogen-bond donors (Lipinski definition) is 3. The van der Waals surface area contributed by atoms with Gasteiger partial charge >= 0.3 is 0 Å². The third-order valence-corrected chi connectivity index (χ3v) is 14.4. The number of carbonyl (C=O) groups is 1. The summed E-state index contributed by atoms with van der Waals surface area (Å²) in [7, 11) is -4.23. The smallest absolute Gasteiger partial charge is 0.243 e. The average Bonchev–Trinajstić information content (AvgIpc) is 3.28. The fourth-order valence-electron chi connectivity index (χ4n) is 9.91. The van der Waals surface area contributed by atoms with Crippen molar-refractivity contribution in [2.24, 2.45) is 22.9 Å². The van der Waals surface area contributed by atoms with Crippen molar-refractivity contribution < 1.29 is 42.5 Å². The molecule has 336 valence electrons. The van der Waals surface area contributed by atoms with Gasteiger partial charge in [-0.25, -0.2) is 8.42 Å². The highest BCUT2D eigenvalue weighted by Crippen LogP contribution is 2.62. The maximum Gasteiger partial charge on any atom is 0.243 e. The lowest BCUT2D eigenvalue weighted by Gasteiger charge is -2.59. The van der Waals surface area contributed by atoms with E-state index < -0.39 is 27.8 Å². The van der Waals surface area contributed by atoms with E-state index in [4.69, 9.17) is 24.2 Å². The maximum atomic E-state index is 15.2. The van der Waals surface area contributed by atoms with Crippen molar-refractivity contribution in [1.82, 2.24) is 4.31 Å². The van der Waals surface area contributed by atoms with Gasteiger partial charge in [-0.2, -0.15) is 4.31 Å². The van der Waals surface area contributed by atoms with Crippen molar-refractivity contribution in [3.8, 4) is 17.2 Å². The topological polar surface area (TPSA) is 156 Å². The van der Waals surface area contributed by atoms with Crippen LogP contribution in [0, 0.1) is 17.8 Å². The molecular weight excluding hydrogens is 819 g/mol. The number of rotatable bonds is 21. The zero-order chi connectivity index (χ0) is 44.6. The van der Waals surface area contributed by atoms with Gasteiger partial charge in [0.2, 0.25) is 21.7 Å². The number of aliphatic hydroxyl groups excluding tert-OH is 2. The molecule has 0 bridgehead atoms. The number of ether oxygens (including phenoxy) is 3. The minimum atomic E-state index is -4.23. The first-order chi connectivity index (χ1) is 30.6. The molecule has 0 unspecified atom stereocenters. The molecule has 13 heteroatoms. The number of nitrogens with one attached hydrogen (secondary N) is 1. The Kier molecular flexibility index (Phi) is 15.1. The van der Waals surface area contributed by atoms with Crippen molar-refractivity contribution >= 4 is 38.1 Å². The predicted molar refractivity (Wildman–Crippen MR) is 246 cm³/mol. The van der Waals surface area contributed by atoms with E-state index in [2.05, 4.69) is 36.2 Å². The van der Waals surface area contributed by atoms with Gasteiger partial charge in [-0.3, -0.25) is 4.79 Å². The fourth-order valence-corrected chi connectivity index (χ4v) is 11.6. The summed E-state index contributed by atoms with van der Waals surface area (Å²) in [6.45, 7) is 9.90. The Morgan fingerprint density at radius 3 is 2.37 bits per heavy atom. The molecule has 7 rings (SSSR count). The summed E-state index contributed by atoms with van der Waals surface area (Å²) < 4.78 is 52.8. The summed E-state index contributed by atoms with van der Waals surface area (Å²) in [4.78, 5) is 17.7. The molecule has 1 heterocycles. The lowest BCUT2D eigenvalue weighted by Crippen LogP contribution is -2.70. The van der Waals surface area contributed by atoms with Gasteiger partial charge < -0.3 is 34.6 Å². The molecule has 3 aliphatic rings. The third kappa shape index (κ3) is 9.73. The molecule has 0 aromatic heterocycles. The zero-order valence-electron chi connectivity index (χ0n) is 36.6. The van der Waals surface area contributed by atoms with E-state index in [0.29, 0.717) is 54.5 Å². The number of amides is 1. The molecule has 0 spiro atoms. The maximum absolute atomic E-state index is 15.2. The Balaban J connectivity index is 1.44. The highest BCUT2D eigenvalue weighted by molar-refractivity contribution is 7.89. The molecule has 2 aliphatic carbocycles. The largest absolute Gasteiger partial charge is 0.460 e. The van der Waals surface area contributed by atoms with Crippen molar-refractivity contribution in [3.05, 3.63) is 115 Å². The van der Waals surface area contributed by atoms with Crippen LogP contribution in [0.3, 0.4) is 0 Å². The van der Waals surface area contributed by atoms with E-state index >= 15 is 8.42 Å². The number of hydrogen-bond acceptors (Lipinski definition) is 10. The van der Waals surface area contributed by atoms with Gasteiger partial charge in [-0.05, 0) is 122 Å². The van der Waals surface area contributed by atoms with Crippen molar-refractivity contribution in [1.29, 1.82) is 0 Å². The number of carbonyl (C=O) groups excluding carboxylic acids is 1. The lowest BCUT2D eigenvalue weighted by molar-refractivity contribution is -0.251. The summed E-state index contributed by atoms with van der Waals surface area (Å²) >= 11 is 0. The van der Waals surface area contributed by atoms with Crippen LogP contribution in [0.1, 0.15) is 83.6 Å². The number of anilines is 1. The van der Waals surface area contributed by atoms with Crippen LogP contribution in [0.2, 0.25) is 0 Å². The highest BCUT2D eigenvalue weighted by Gasteiger charge is 2.66. The molecular formula is C50H61N3O9S. The van der Waals surface area contributed by atoms with Crippen LogP contribution in [0.5, 0.6) is 17.2 Å². The number of fused-ring (bicyclic) bond motifs is 3. The molecule has 0 saturated heterocycles. The van der Waals surface area contributed by atoms with E-state index in [0.717, 1.165) is 47.6 Å². The van der Waals surface area contributed by atoms with Crippen LogP contribution >= 0.6 is 0 Å². The fraction of sp³-hybridized carbons (Fsp3) is 0.440. The minimum Gasteiger partial charge on any atom is -0.460 e. The summed E-state index contributed by atoms with van der Waals surface area (Å²) in [5.41, 5.74) is 2.91. The highest BCUT2D eigenvalue weighted by atomic mass is 32.2. The van der Waals surface area contributed by atoms with Crippen LogP contribution < -0.4 is 14.8 Å². The van der Waals surface area contributed by atoms with E-state index in [1.165, 1.54) is 23.4 Å². The van der Waals surface area contributed by atoms with Crippen molar-refractivity contribution in [3.63, 3.8) is 0 Å². The lowest BCUT2D eigenvalue weighted by atomic mass is 9.55. The van der Waals surface area contributed by atoms with E-state index in [9.17, 15) is 15.0 Å². The number of oxime groups is 1. The molecule has 4 aromatic rings. The van der Waals surface area contributed by atoms with E-state index in [1.54, 1.807) is 18.2 Å². The monoisotopic (exact) mass is 879 g/mol. The summed E-state index contributed by atoms with van der Waals surface area (Å²) in [6.07, 6.45) is 8.99. The molecule has 6 atom stereocenters. The van der Waals surface area contributed by atoms with Gasteiger partial charge in [-0.15, -0.1) is 6.58 Å². The van der Waals surface area contributed by atoms with Crippen LogP contribution in [0.25, 0.3) is 10.8 Å². The van der Waals surface area contributed by atoms with Crippen molar-refractivity contribution in [2.75, 3.05) is 38.3 Å². The number of sulfonamides is 1. The molecule has 1 amide bonds. The minimum absolute atomic E-state index is 0.00101. The van der Waals surface area contributed by atoms with Gasteiger partial charge in [-0.1, -0.05) is 67.4 Å². The van der Waals surface area contributed by atoms with Gasteiger partial charge in [0.15, 0.2) is 0 Å². The van der Waals surface area contributed by atoms with E-state index in [1.807, 2.05) is 56.3 Å². The van der Waals surface area contributed by atoms with Crippen molar-refractivity contribution in [2.45, 2.75) is 94.8 Å². The van der Waals surface area contributed by atoms with Crippen LogP contribution in [-0.2, 0) is 24.4 Å². The summed E-state index contributed by atoms with van der Waals surface area (Å²) in [5, 5.41) is 29.5. The molecule has 3 N–H and O–H groups in total. The first-order valence-corrected chi connectivity index (χ1v) is 23.8. The molecule has 1 fully saturated rings. The molecule has 1 aliphatic heterocycles. The number of allylic oxidation sites excluding steroid dienone is 1. The van der Waals surface area contributed by atoms with Gasteiger partial charge in [0.1, 0.15) is 23.9 Å². The van der Waals surface area contributed by atoms with Crippen LogP contribution in [0.4, 0.5) is 5.69 Å². The Bertz CT molecular complexity index is 2400. The summed E-state index contributed by atoms with van der Waals surface area (Å²) in [5.74, 6) is -0.749. The second kappa shape index (κ2) is 20.6. The second-order valence-electron chi connectivity index (χ2n) is 16.6. The molecule has 12 nitrogen and oxygen atoms in total. The number of aliphatic hydroxyl groups is 2. The summed E-state index contributed by atoms with van der Waals surface area (Å²) in [6, 6.07) is 25.3. The Labute approximate surface area is 371 Å². The molecule has 0 radical (unpaired) electrons. The Morgan fingerprint density at radius 1 is 0.952 bits per heavy atom. The standard InChI is InChI=1S/C50H61N3O9S/c1-5-26-53(63(57,58)41-23-19-38(20-24-41)51-34(4)56)47-33-45(52-60-7-3)43-31-37(16-10-12-27-54)42(17-11-13-28-55)48-44-32-40(61-39-21-18-35-14-8-9-15-36(35)30-39)22-25-46(44)62-50(47,49(43)48)59-29-6-2/h6,8-9,14-15,18-25,30-32,37,42,47-49,54-55H,2,5,7,10-13,16-17,26-29,33H2,1,3-4H3,(H,51,56)/t37-,42+,47-,48+,49+,50+/m0/s1. The van der Waals surface area contributed by atoms with E-state index in [-0.39, 0.29) is 61.3 Å². The third-order valence-electron chi connectivity index (χ3n) is 12.5. The normalized spacial score (nSPS) is 23.4. The van der Waals surface area contributed by atoms with Crippen LogP contribution in [-0.4, -0.2) is 79.4 Å². The first-order valence-electron chi connectivity index (χ1n) is 22.3. The van der Waals surface area contributed by atoms with Gasteiger partial charge in [0.25, 0.3) is 0 Å². The average molecular weight is 880 g/mol. The first kappa shape index (κ1) is 46.0. The Morgan fingerprint density at radius 2 is 1.67 bits per heavy atom. The number of benzene rings is 4. The zero-order valence-corrected chi connectivity index (χ0v) is 37.4. The molecule has 63 heavy (non-hydrogen) atoms. The number of nitrogens with zero attached hydrogens (tertiary/aromatic N) is 2. The molecule has 4 aromatic carbocycles. The van der Waals surface area contributed by atoms with Gasteiger partial charge in [0.05, 0.1) is 29.2 Å².